The Balaban J connectivity index is 0.00000133. The monoisotopic (exact) mass is 466 g/mol. The summed E-state index contributed by atoms with van der Waals surface area (Å²) in [7, 11) is 0. The van der Waals surface area contributed by atoms with Crippen molar-refractivity contribution in [3.05, 3.63) is 59.2 Å². The van der Waals surface area contributed by atoms with Crippen LogP contribution >= 0.6 is 0 Å². The van der Waals surface area contributed by atoms with E-state index >= 15 is 0 Å². The summed E-state index contributed by atoms with van der Waals surface area (Å²) in [6, 6.07) is 15.7. The van der Waals surface area contributed by atoms with Crippen LogP contribution in [0.2, 0.25) is 0 Å². The highest BCUT2D eigenvalue weighted by molar-refractivity contribution is 5.65. The Morgan fingerprint density at radius 2 is 1.32 bits per heavy atom. The van der Waals surface area contributed by atoms with E-state index in [0.717, 1.165) is 25.6 Å². The molecule has 2 aliphatic carbocycles. The fourth-order valence-corrected chi connectivity index (χ4v) is 5.58. The summed E-state index contributed by atoms with van der Waals surface area (Å²) < 4.78 is 5.98. The van der Waals surface area contributed by atoms with Crippen molar-refractivity contribution in [2.45, 2.75) is 99.0 Å². The molecular weight excluding hydrogens is 416 g/mol. The number of hydrogen-bond donors (Lipinski definition) is 1. The Bertz CT molecular complexity index is 820. The van der Waals surface area contributed by atoms with Crippen LogP contribution in [0.1, 0.15) is 89.8 Å². The van der Waals surface area contributed by atoms with Gasteiger partial charge in [0.25, 0.3) is 0 Å². The average molecular weight is 467 g/mol. The largest absolute Gasteiger partial charge is 0.390 e. The van der Waals surface area contributed by atoms with Gasteiger partial charge in [-0.3, -0.25) is 0 Å². The Kier molecular flexibility index (Phi) is 11.3. The summed E-state index contributed by atoms with van der Waals surface area (Å²) in [5.41, 5.74) is 6.15. The number of hydrogen-bond acceptors (Lipinski definition) is 2. The first kappa shape index (κ1) is 28.6. The maximum atomic E-state index is 10.8. The molecule has 2 aromatic carbocycles. The third kappa shape index (κ3) is 7.95. The predicted molar refractivity (Wildman–Crippen MR) is 147 cm³/mol. The molecule has 0 amide bonds. The fourth-order valence-electron chi connectivity index (χ4n) is 5.58. The lowest BCUT2D eigenvalue weighted by molar-refractivity contribution is -0.0424. The predicted octanol–water partition coefficient (Wildman–Crippen LogP) is 8.55. The van der Waals surface area contributed by atoms with E-state index in [1.54, 1.807) is 0 Å². The highest BCUT2D eigenvalue weighted by atomic mass is 16.5. The van der Waals surface area contributed by atoms with Crippen molar-refractivity contribution in [1.82, 2.24) is 0 Å². The second kappa shape index (κ2) is 13.4. The number of aryl methyl sites for hydroxylation is 2. The second-order valence-electron chi connectivity index (χ2n) is 10.4. The molecule has 2 aromatic rings. The molecule has 4 rings (SSSR count). The van der Waals surface area contributed by atoms with Gasteiger partial charge < -0.3 is 9.84 Å². The zero-order valence-corrected chi connectivity index (χ0v) is 21.7. The van der Waals surface area contributed by atoms with E-state index < -0.39 is 5.60 Å². The van der Waals surface area contributed by atoms with E-state index in [9.17, 15) is 5.11 Å². The van der Waals surface area contributed by atoms with Gasteiger partial charge in [-0.2, -0.15) is 0 Å². The average Bonchev–Trinajstić information content (AvgIpc) is 3.67. The van der Waals surface area contributed by atoms with Crippen LogP contribution in [0.25, 0.3) is 11.1 Å². The first-order valence-corrected chi connectivity index (χ1v) is 13.4. The maximum absolute atomic E-state index is 10.8. The lowest BCUT2D eigenvalue weighted by Crippen LogP contribution is -2.39. The van der Waals surface area contributed by atoms with Crippen LogP contribution in [0.5, 0.6) is 0 Å². The molecule has 1 atom stereocenters. The molecule has 0 aliphatic heterocycles. The summed E-state index contributed by atoms with van der Waals surface area (Å²) in [5.74, 6) is 1.87. The third-order valence-corrected chi connectivity index (χ3v) is 7.79. The Morgan fingerprint density at radius 1 is 0.794 bits per heavy atom. The molecule has 0 aromatic heterocycles. The zero-order chi connectivity index (χ0) is 23.8. The third-order valence-electron chi connectivity index (χ3n) is 7.79. The Morgan fingerprint density at radius 3 is 1.85 bits per heavy atom. The molecule has 2 fully saturated rings. The van der Waals surface area contributed by atoms with Crippen molar-refractivity contribution < 1.29 is 9.84 Å². The smallest absolute Gasteiger partial charge is 0.0675 e. The van der Waals surface area contributed by atoms with Crippen LogP contribution in [-0.4, -0.2) is 23.9 Å². The second-order valence-corrected chi connectivity index (χ2v) is 10.4. The molecule has 2 aliphatic rings. The molecule has 2 heteroatoms. The summed E-state index contributed by atoms with van der Waals surface area (Å²) in [6.45, 7) is 12.1. The van der Waals surface area contributed by atoms with Gasteiger partial charge in [-0.15, -0.1) is 0 Å². The van der Waals surface area contributed by atoms with Crippen molar-refractivity contribution in [3.63, 3.8) is 0 Å². The summed E-state index contributed by atoms with van der Waals surface area (Å²) in [5, 5.41) is 10.8. The first-order chi connectivity index (χ1) is 15.9. The Hall–Kier alpha value is -1.64. The maximum Gasteiger partial charge on any atom is 0.0675 e. The van der Waals surface area contributed by atoms with Crippen LogP contribution in [0, 0.1) is 31.6 Å². The van der Waals surface area contributed by atoms with E-state index in [2.05, 4.69) is 63.2 Å². The number of benzene rings is 2. The van der Waals surface area contributed by atoms with Gasteiger partial charge in [0, 0.05) is 6.61 Å². The SMILES string of the molecule is C.CC.Cc1cc(C)cc(-c2ccc(CCOCCC3CCC(C(C)(O)C4CC4)CC3)cc2)c1. The standard InChI is InChI=1S/C29H40O2.C2H6.CH4/c1-21-18-22(2)20-26(19-21)25-8-4-23(5-9-25)14-16-31-17-15-24-6-10-27(11-7-24)29(3,30)28-12-13-28;1-2;/h4-5,8-9,18-20,24,27-28,30H,6-7,10-17H2,1-3H3;1-2H3;1H4. The molecule has 0 saturated heterocycles. The highest BCUT2D eigenvalue weighted by Gasteiger charge is 2.46. The molecule has 1 unspecified atom stereocenters. The van der Waals surface area contributed by atoms with Gasteiger partial charge in [0.1, 0.15) is 0 Å². The van der Waals surface area contributed by atoms with Crippen molar-refractivity contribution >= 4 is 0 Å². The molecule has 0 spiro atoms. The van der Waals surface area contributed by atoms with Gasteiger partial charge in [0.05, 0.1) is 12.2 Å². The summed E-state index contributed by atoms with van der Waals surface area (Å²) in [6.07, 6.45) is 9.52. The minimum atomic E-state index is -0.408. The fraction of sp³-hybridized carbons (Fsp3) is 0.625. The van der Waals surface area contributed by atoms with E-state index in [1.165, 1.54) is 72.8 Å². The van der Waals surface area contributed by atoms with Crippen molar-refractivity contribution in [2.75, 3.05) is 13.2 Å². The van der Waals surface area contributed by atoms with Gasteiger partial charge in [-0.1, -0.05) is 74.9 Å². The molecule has 0 radical (unpaired) electrons. The van der Waals surface area contributed by atoms with Gasteiger partial charge in [-0.25, -0.2) is 0 Å². The number of aliphatic hydroxyl groups is 1. The van der Waals surface area contributed by atoms with Crippen LogP contribution < -0.4 is 0 Å². The van der Waals surface area contributed by atoms with Crippen LogP contribution in [0.15, 0.2) is 42.5 Å². The quantitative estimate of drug-likeness (QED) is 0.375. The molecule has 1 N–H and O–H groups in total. The molecule has 2 nitrogen and oxygen atoms in total. The summed E-state index contributed by atoms with van der Waals surface area (Å²) in [4.78, 5) is 0. The summed E-state index contributed by atoms with van der Waals surface area (Å²) >= 11 is 0. The first-order valence-electron chi connectivity index (χ1n) is 13.4. The minimum absolute atomic E-state index is 0. The highest BCUT2D eigenvalue weighted by Crippen LogP contribution is 2.48. The molecule has 0 heterocycles. The molecule has 0 bridgehead atoms. The number of rotatable bonds is 9. The van der Waals surface area contributed by atoms with Crippen LogP contribution in [0.3, 0.4) is 0 Å². The topological polar surface area (TPSA) is 29.5 Å². The lowest BCUT2D eigenvalue weighted by atomic mass is 9.71. The minimum Gasteiger partial charge on any atom is -0.390 e. The van der Waals surface area contributed by atoms with Gasteiger partial charge >= 0.3 is 0 Å². The number of ether oxygens (including phenoxy) is 1. The zero-order valence-electron chi connectivity index (χ0n) is 21.7. The van der Waals surface area contributed by atoms with Gasteiger partial charge in [0.2, 0.25) is 0 Å². The molecular formula is C32H50O2. The molecule has 34 heavy (non-hydrogen) atoms. The van der Waals surface area contributed by atoms with E-state index in [4.69, 9.17) is 4.74 Å². The van der Waals surface area contributed by atoms with E-state index in [0.29, 0.717) is 11.8 Å². The van der Waals surface area contributed by atoms with Gasteiger partial charge in [0.15, 0.2) is 0 Å². The van der Waals surface area contributed by atoms with Crippen molar-refractivity contribution in [3.8, 4) is 11.1 Å². The normalized spacial score (nSPS) is 21.6. The molecule has 190 valence electrons. The van der Waals surface area contributed by atoms with E-state index in [1.807, 2.05) is 13.8 Å². The van der Waals surface area contributed by atoms with Crippen LogP contribution in [0.4, 0.5) is 0 Å². The Labute approximate surface area is 210 Å². The molecule has 2 saturated carbocycles. The van der Waals surface area contributed by atoms with Crippen molar-refractivity contribution in [2.24, 2.45) is 17.8 Å². The van der Waals surface area contributed by atoms with Crippen LogP contribution in [-0.2, 0) is 11.2 Å². The lowest BCUT2D eigenvalue weighted by Gasteiger charge is -2.38. The van der Waals surface area contributed by atoms with Crippen molar-refractivity contribution in [1.29, 1.82) is 0 Å². The van der Waals surface area contributed by atoms with E-state index in [-0.39, 0.29) is 7.43 Å². The van der Waals surface area contributed by atoms with Gasteiger partial charge in [-0.05, 0) is 107 Å².